The number of hydrogen-bond acceptors (Lipinski definition) is 2. The van der Waals surface area contributed by atoms with E-state index in [0.29, 0.717) is 5.92 Å². The zero-order valence-electron chi connectivity index (χ0n) is 10.6. The van der Waals surface area contributed by atoms with Gasteiger partial charge in [-0.3, -0.25) is 4.98 Å². The maximum Gasteiger partial charge on any atom is 0.0435 e. The quantitative estimate of drug-likeness (QED) is 0.842. The lowest BCUT2D eigenvalue weighted by Crippen LogP contribution is -2.09. The molecule has 1 heterocycles. The Bertz CT molecular complexity index is 439. The molecule has 2 nitrogen and oxygen atoms in total. The third kappa shape index (κ3) is 3.67. The number of aromatic nitrogens is 1. The van der Waals surface area contributed by atoms with Crippen LogP contribution in [0.3, 0.4) is 0 Å². The van der Waals surface area contributed by atoms with Crippen molar-refractivity contribution in [2.75, 3.05) is 6.54 Å². The third-order valence-corrected chi connectivity index (χ3v) is 3.25. The van der Waals surface area contributed by atoms with Gasteiger partial charge in [0.15, 0.2) is 0 Å². The minimum atomic E-state index is 0.469. The van der Waals surface area contributed by atoms with Gasteiger partial charge in [0.2, 0.25) is 0 Å². The fraction of sp³-hybridized carbons (Fsp3) is 0.312. The largest absolute Gasteiger partial charge is 0.330 e. The highest BCUT2D eigenvalue weighted by molar-refractivity contribution is 5.16. The maximum absolute atomic E-state index is 5.71. The number of aryl methyl sites for hydroxylation is 1. The molecule has 18 heavy (non-hydrogen) atoms. The van der Waals surface area contributed by atoms with E-state index in [1.807, 2.05) is 18.3 Å². The molecule has 1 aromatic carbocycles. The van der Waals surface area contributed by atoms with Crippen molar-refractivity contribution in [2.24, 2.45) is 5.73 Å². The van der Waals surface area contributed by atoms with Crippen LogP contribution in [0.2, 0.25) is 0 Å². The lowest BCUT2D eigenvalue weighted by Gasteiger charge is -2.15. The lowest BCUT2D eigenvalue weighted by atomic mass is 9.93. The fourth-order valence-corrected chi connectivity index (χ4v) is 2.24. The fourth-order valence-electron chi connectivity index (χ4n) is 2.24. The Hall–Kier alpha value is -1.67. The summed E-state index contributed by atoms with van der Waals surface area (Å²) in [7, 11) is 0. The van der Waals surface area contributed by atoms with E-state index < -0.39 is 0 Å². The summed E-state index contributed by atoms with van der Waals surface area (Å²) >= 11 is 0. The van der Waals surface area contributed by atoms with Crippen LogP contribution >= 0.6 is 0 Å². The molecule has 0 amide bonds. The van der Waals surface area contributed by atoms with E-state index in [0.717, 1.165) is 25.8 Å². The first-order chi connectivity index (χ1) is 8.90. The molecule has 94 valence electrons. The van der Waals surface area contributed by atoms with Gasteiger partial charge in [0, 0.05) is 17.8 Å². The summed E-state index contributed by atoms with van der Waals surface area (Å²) in [5.74, 6) is 0.469. The highest BCUT2D eigenvalue weighted by Crippen LogP contribution is 2.22. The second-order valence-corrected chi connectivity index (χ2v) is 4.55. The van der Waals surface area contributed by atoms with Crippen LogP contribution in [0.5, 0.6) is 0 Å². The van der Waals surface area contributed by atoms with E-state index in [4.69, 9.17) is 5.73 Å². The molecule has 0 saturated carbocycles. The molecule has 1 aromatic heterocycles. The Morgan fingerprint density at radius 2 is 1.72 bits per heavy atom. The molecule has 0 saturated heterocycles. The van der Waals surface area contributed by atoms with Crippen LogP contribution in [0.25, 0.3) is 0 Å². The van der Waals surface area contributed by atoms with E-state index >= 15 is 0 Å². The second-order valence-electron chi connectivity index (χ2n) is 4.55. The van der Waals surface area contributed by atoms with Gasteiger partial charge in [-0.15, -0.1) is 0 Å². The van der Waals surface area contributed by atoms with E-state index in [9.17, 15) is 0 Å². The Morgan fingerprint density at radius 1 is 0.944 bits per heavy atom. The van der Waals surface area contributed by atoms with Crippen molar-refractivity contribution >= 4 is 0 Å². The Kier molecular flexibility index (Phi) is 4.91. The summed E-state index contributed by atoms with van der Waals surface area (Å²) in [4.78, 5) is 4.45. The molecule has 2 heteroatoms. The van der Waals surface area contributed by atoms with Gasteiger partial charge < -0.3 is 5.73 Å². The van der Waals surface area contributed by atoms with Gasteiger partial charge in [-0.25, -0.2) is 0 Å². The highest BCUT2D eigenvalue weighted by atomic mass is 14.7. The molecule has 0 aliphatic rings. The first-order valence-electron chi connectivity index (χ1n) is 6.55. The normalized spacial score (nSPS) is 12.3. The van der Waals surface area contributed by atoms with Crippen LogP contribution in [0.1, 0.15) is 30.0 Å². The Balaban J connectivity index is 1.99. The molecular weight excluding hydrogens is 220 g/mol. The first kappa shape index (κ1) is 12.8. The molecule has 0 radical (unpaired) electrons. The van der Waals surface area contributed by atoms with Crippen molar-refractivity contribution in [1.29, 1.82) is 0 Å². The van der Waals surface area contributed by atoms with Gasteiger partial charge in [-0.1, -0.05) is 36.4 Å². The monoisotopic (exact) mass is 240 g/mol. The zero-order valence-corrected chi connectivity index (χ0v) is 10.6. The molecular formula is C16H20N2. The summed E-state index contributed by atoms with van der Waals surface area (Å²) in [5, 5.41) is 0. The molecule has 0 spiro atoms. The number of nitrogens with zero attached hydrogens (tertiary/aromatic N) is 1. The van der Waals surface area contributed by atoms with Crippen LogP contribution < -0.4 is 5.73 Å². The maximum atomic E-state index is 5.71. The number of rotatable bonds is 6. The Labute approximate surface area is 109 Å². The van der Waals surface area contributed by atoms with Crippen LogP contribution in [0, 0.1) is 0 Å². The van der Waals surface area contributed by atoms with Crippen molar-refractivity contribution in [3.05, 3.63) is 66.0 Å². The average Bonchev–Trinajstić information content (AvgIpc) is 2.45. The molecule has 0 fully saturated rings. The minimum Gasteiger partial charge on any atom is -0.330 e. The minimum absolute atomic E-state index is 0.469. The predicted octanol–water partition coefficient (Wildman–Crippen LogP) is 3.15. The molecule has 1 atom stereocenters. The van der Waals surface area contributed by atoms with E-state index in [2.05, 4.69) is 41.4 Å². The lowest BCUT2D eigenvalue weighted by molar-refractivity contribution is 0.570. The molecule has 0 aliphatic carbocycles. The smallest absolute Gasteiger partial charge is 0.0435 e. The first-order valence-corrected chi connectivity index (χ1v) is 6.55. The second kappa shape index (κ2) is 6.92. The number of nitrogens with two attached hydrogens (primary N) is 1. The van der Waals surface area contributed by atoms with Crippen molar-refractivity contribution < 1.29 is 0 Å². The highest BCUT2D eigenvalue weighted by Gasteiger charge is 2.11. The summed E-state index contributed by atoms with van der Waals surface area (Å²) in [6.07, 6.45) is 5.06. The van der Waals surface area contributed by atoms with Crippen LogP contribution in [-0.2, 0) is 6.42 Å². The summed E-state index contributed by atoms with van der Waals surface area (Å²) in [5.41, 5.74) is 8.26. The van der Waals surface area contributed by atoms with Crippen molar-refractivity contribution in [2.45, 2.75) is 25.2 Å². The van der Waals surface area contributed by atoms with Crippen molar-refractivity contribution in [3.63, 3.8) is 0 Å². The molecule has 0 bridgehead atoms. The van der Waals surface area contributed by atoms with Gasteiger partial charge in [0.1, 0.15) is 0 Å². The summed E-state index contributed by atoms with van der Waals surface area (Å²) < 4.78 is 0. The van der Waals surface area contributed by atoms with Crippen LogP contribution in [0.15, 0.2) is 54.7 Å². The molecule has 1 unspecified atom stereocenters. The molecule has 2 aromatic rings. The van der Waals surface area contributed by atoms with Crippen LogP contribution in [0.4, 0.5) is 0 Å². The third-order valence-electron chi connectivity index (χ3n) is 3.25. The average molecular weight is 240 g/mol. The number of benzene rings is 1. The SMILES string of the molecule is NCCC(CCc1ccccc1)c1ccccn1. The van der Waals surface area contributed by atoms with E-state index in [1.165, 1.54) is 11.3 Å². The molecule has 0 aliphatic heterocycles. The van der Waals surface area contributed by atoms with Gasteiger partial charge in [0.25, 0.3) is 0 Å². The van der Waals surface area contributed by atoms with Gasteiger partial charge in [-0.05, 0) is 43.5 Å². The number of hydrogen-bond donors (Lipinski definition) is 1. The predicted molar refractivity (Wildman–Crippen MR) is 75.4 cm³/mol. The summed E-state index contributed by atoms with van der Waals surface area (Å²) in [6, 6.07) is 16.7. The van der Waals surface area contributed by atoms with E-state index in [-0.39, 0.29) is 0 Å². The van der Waals surface area contributed by atoms with Crippen LogP contribution in [-0.4, -0.2) is 11.5 Å². The van der Waals surface area contributed by atoms with Crippen molar-refractivity contribution in [3.8, 4) is 0 Å². The summed E-state index contributed by atoms with van der Waals surface area (Å²) in [6.45, 7) is 0.718. The standard InChI is InChI=1S/C16H20N2/c17-12-11-15(16-8-4-5-13-18-16)10-9-14-6-2-1-3-7-14/h1-8,13,15H,9-12,17H2. The van der Waals surface area contributed by atoms with Gasteiger partial charge in [-0.2, -0.15) is 0 Å². The van der Waals surface area contributed by atoms with Gasteiger partial charge >= 0.3 is 0 Å². The van der Waals surface area contributed by atoms with Gasteiger partial charge in [0.05, 0.1) is 0 Å². The topological polar surface area (TPSA) is 38.9 Å². The Morgan fingerprint density at radius 3 is 2.39 bits per heavy atom. The molecule has 2 rings (SSSR count). The van der Waals surface area contributed by atoms with E-state index in [1.54, 1.807) is 0 Å². The number of pyridine rings is 1. The molecule has 2 N–H and O–H groups in total. The zero-order chi connectivity index (χ0) is 12.6. The van der Waals surface area contributed by atoms with Crippen molar-refractivity contribution in [1.82, 2.24) is 4.98 Å².